The van der Waals surface area contributed by atoms with Gasteiger partial charge in [0, 0.05) is 12.1 Å². The van der Waals surface area contributed by atoms with E-state index in [2.05, 4.69) is 6.58 Å². The first-order chi connectivity index (χ1) is 5.61. The first-order valence-electron chi connectivity index (χ1n) is 3.97. The molecule has 2 fully saturated rings. The molecule has 0 radical (unpaired) electrons. The van der Waals surface area contributed by atoms with Crippen LogP contribution in [0.15, 0.2) is 12.2 Å². The van der Waals surface area contributed by atoms with E-state index in [1.54, 1.807) is 0 Å². The molecular weight excluding hydrogens is 158 g/mol. The van der Waals surface area contributed by atoms with Crippen molar-refractivity contribution in [2.45, 2.75) is 24.7 Å². The van der Waals surface area contributed by atoms with Gasteiger partial charge >= 0.3 is 0 Å². The summed E-state index contributed by atoms with van der Waals surface area (Å²) in [5, 5.41) is 18.7. The minimum Gasteiger partial charge on any atom is -0.391 e. The molecule has 2 saturated heterocycles. The van der Waals surface area contributed by atoms with Crippen LogP contribution in [0.5, 0.6) is 0 Å². The molecule has 4 heteroatoms. The zero-order chi connectivity index (χ0) is 8.88. The fourth-order valence-electron chi connectivity index (χ4n) is 1.92. The van der Waals surface area contributed by atoms with Crippen LogP contribution in [0.25, 0.3) is 0 Å². The summed E-state index contributed by atoms with van der Waals surface area (Å²) in [5.41, 5.74) is 0.256. The maximum atomic E-state index is 11.3. The smallest absolute Gasteiger partial charge is 0.252 e. The molecule has 12 heavy (non-hydrogen) atoms. The second-order valence-electron chi connectivity index (χ2n) is 3.38. The van der Waals surface area contributed by atoms with E-state index in [1.165, 1.54) is 4.90 Å². The van der Waals surface area contributed by atoms with Crippen LogP contribution in [0.2, 0.25) is 0 Å². The number of hydrogen-bond donors (Lipinski definition) is 2. The third-order valence-electron chi connectivity index (χ3n) is 2.58. The minimum atomic E-state index is -0.783. The molecule has 4 nitrogen and oxygen atoms in total. The number of rotatable bonds is 0. The van der Waals surface area contributed by atoms with E-state index in [1.807, 2.05) is 0 Å². The lowest BCUT2D eigenvalue weighted by Gasteiger charge is -2.14. The topological polar surface area (TPSA) is 60.8 Å². The Morgan fingerprint density at radius 2 is 2.17 bits per heavy atom. The molecule has 3 atom stereocenters. The molecule has 0 aromatic rings. The van der Waals surface area contributed by atoms with E-state index in [0.717, 1.165) is 0 Å². The molecule has 0 saturated carbocycles. The van der Waals surface area contributed by atoms with Crippen molar-refractivity contribution in [3.8, 4) is 0 Å². The van der Waals surface area contributed by atoms with Gasteiger partial charge < -0.3 is 15.1 Å². The Morgan fingerprint density at radius 1 is 1.50 bits per heavy atom. The van der Waals surface area contributed by atoms with Gasteiger partial charge in [0.05, 0.1) is 12.1 Å². The standard InChI is InChI=1S/C8H11NO3/c1-4-7(11)6-2-5(10)3-9(6)8(4)12/h5-7,10-11H,1-3H2/t5-,6-,7+/m0/s1. The van der Waals surface area contributed by atoms with E-state index in [9.17, 15) is 15.0 Å². The number of carbonyl (C=O) groups excluding carboxylic acids is 1. The van der Waals surface area contributed by atoms with Gasteiger partial charge in [0.15, 0.2) is 0 Å². The number of carbonyl (C=O) groups is 1. The maximum Gasteiger partial charge on any atom is 0.252 e. The molecule has 2 aliphatic rings. The van der Waals surface area contributed by atoms with Gasteiger partial charge in [-0.25, -0.2) is 0 Å². The molecule has 66 valence electrons. The van der Waals surface area contributed by atoms with Crippen molar-refractivity contribution in [1.29, 1.82) is 0 Å². The van der Waals surface area contributed by atoms with Crippen molar-refractivity contribution in [1.82, 2.24) is 4.90 Å². The Balaban J connectivity index is 2.26. The maximum absolute atomic E-state index is 11.3. The van der Waals surface area contributed by atoms with Crippen LogP contribution >= 0.6 is 0 Å². The van der Waals surface area contributed by atoms with Crippen molar-refractivity contribution < 1.29 is 15.0 Å². The van der Waals surface area contributed by atoms with E-state index in [4.69, 9.17) is 0 Å². The van der Waals surface area contributed by atoms with Crippen LogP contribution in [0.3, 0.4) is 0 Å². The molecule has 0 aliphatic carbocycles. The van der Waals surface area contributed by atoms with Crippen molar-refractivity contribution in [3.63, 3.8) is 0 Å². The Labute approximate surface area is 70.1 Å². The highest BCUT2D eigenvalue weighted by atomic mass is 16.3. The van der Waals surface area contributed by atoms with Gasteiger partial charge in [-0.15, -0.1) is 0 Å². The number of nitrogens with zero attached hydrogens (tertiary/aromatic N) is 1. The number of hydrogen-bond acceptors (Lipinski definition) is 3. The van der Waals surface area contributed by atoms with E-state index in [-0.39, 0.29) is 17.5 Å². The van der Waals surface area contributed by atoms with Crippen molar-refractivity contribution in [2.24, 2.45) is 0 Å². The zero-order valence-electron chi connectivity index (χ0n) is 6.60. The first-order valence-corrected chi connectivity index (χ1v) is 3.97. The monoisotopic (exact) mass is 169 g/mol. The average Bonchev–Trinajstić information content (AvgIpc) is 2.49. The van der Waals surface area contributed by atoms with Gasteiger partial charge in [-0.05, 0) is 6.42 Å². The predicted molar refractivity (Wildman–Crippen MR) is 41.3 cm³/mol. The average molecular weight is 169 g/mol. The fourth-order valence-corrected chi connectivity index (χ4v) is 1.92. The van der Waals surface area contributed by atoms with Gasteiger partial charge in [0.25, 0.3) is 5.91 Å². The molecule has 2 rings (SSSR count). The number of amides is 1. The summed E-state index contributed by atoms with van der Waals surface area (Å²) in [6.07, 6.45) is -0.803. The number of aliphatic hydroxyl groups excluding tert-OH is 2. The first kappa shape index (κ1) is 7.76. The van der Waals surface area contributed by atoms with Crippen LogP contribution in [-0.2, 0) is 4.79 Å². The minimum absolute atomic E-state index is 0.218. The summed E-state index contributed by atoms with van der Waals surface area (Å²) in [6.45, 7) is 3.83. The highest BCUT2D eigenvalue weighted by Gasteiger charge is 2.47. The molecular formula is C8H11NO3. The Bertz CT molecular complexity index is 251. The predicted octanol–water partition coefficient (Wildman–Crippen LogP) is -1.12. The van der Waals surface area contributed by atoms with Crippen LogP contribution in [0.4, 0.5) is 0 Å². The van der Waals surface area contributed by atoms with Crippen LogP contribution < -0.4 is 0 Å². The van der Waals surface area contributed by atoms with Gasteiger partial charge in [0.1, 0.15) is 6.10 Å². The van der Waals surface area contributed by atoms with E-state index in [0.29, 0.717) is 13.0 Å². The zero-order valence-corrected chi connectivity index (χ0v) is 6.60. The van der Waals surface area contributed by atoms with Crippen molar-refractivity contribution in [2.75, 3.05) is 6.54 Å². The van der Waals surface area contributed by atoms with Gasteiger partial charge in [-0.1, -0.05) is 6.58 Å². The van der Waals surface area contributed by atoms with Gasteiger partial charge in [-0.3, -0.25) is 4.79 Å². The van der Waals surface area contributed by atoms with Gasteiger partial charge in [0.2, 0.25) is 0 Å². The summed E-state index contributed by atoms with van der Waals surface area (Å²) in [6, 6.07) is -0.236. The molecule has 1 amide bonds. The molecule has 0 unspecified atom stereocenters. The lowest BCUT2D eigenvalue weighted by Crippen LogP contribution is -2.30. The molecule has 0 bridgehead atoms. The van der Waals surface area contributed by atoms with Crippen molar-refractivity contribution in [3.05, 3.63) is 12.2 Å². The fraction of sp³-hybridized carbons (Fsp3) is 0.625. The van der Waals surface area contributed by atoms with Crippen molar-refractivity contribution >= 4 is 5.91 Å². The molecule has 0 spiro atoms. The number of aliphatic hydroxyl groups is 2. The van der Waals surface area contributed by atoms with Crippen LogP contribution in [0.1, 0.15) is 6.42 Å². The van der Waals surface area contributed by atoms with Crippen LogP contribution in [-0.4, -0.2) is 45.8 Å². The summed E-state index contributed by atoms with van der Waals surface area (Å²) < 4.78 is 0. The molecule has 0 aromatic heterocycles. The molecule has 2 heterocycles. The summed E-state index contributed by atoms with van der Waals surface area (Å²) in [7, 11) is 0. The number of fused-ring (bicyclic) bond motifs is 1. The highest BCUT2D eigenvalue weighted by molar-refractivity contribution is 5.97. The Morgan fingerprint density at radius 3 is 2.75 bits per heavy atom. The van der Waals surface area contributed by atoms with Gasteiger partial charge in [-0.2, -0.15) is 0 Å². The molecule has 2 aliphatic heterocycles. The Kier molecular flexibility index (Phi) is 1.49. The largest absolute Gasteiger partial charge is 0.391 e. The third kappa shape index (κ3) is 0.820. The third-order valence-corrected chi connectivity index (χ3v) is 2.58. The van der Waals surface area contributed by atoms with E-state index < -0.39 is 12.2 Å². The lowest BCUT2D eigenvalue weighted by molar-refractivity contribution is -0.125. The van der Waals surface area contributed by atoms with Crippen LogP contribution in [0, 0.1) is 0 Å². The summed E-state index contributed by atoms with van der Waals surface area (Å²) in [4.78, 5) is 12.8. The second-order valence-corrected chi connectivity index (χ2v) is 3.38. The highest BCUT2D eigenvalue weighted by Crippen LogP contribution is 2.31. The molecule has 2 N–H and O–H groups in total. The van der Waals surface area contributed by atoms with E-state index >= 15 is 0 Å². The summed E-state index contributed by atoms with van der Waals surface area (Å²) in [5.74, 6) is -0.218. The molecule has 0 aromatic carbocycles. The lowest BCUT2D eigenvalue weighted by atomic mass is 10.1. The quantitative estimate of drug-likeness (QED) is 0.451. The summed E-state index contributed by atoms with van der Waals surface area (Å²) >= 11 is 0. The second kappa shape index (κ2) is 2.31. The normalized spacial score (nSPS) is 40.8. The SMILES string of the molecule is C=C1C(=O)N2C[C@@H](O)C[C@H]2[C@@H]1O. The Hall–Kier alpha value is -0.870.